The van der Waals surface area contributed by atoms with Crippen LogP contribution in [0.4, 0.5) is 0 Å². The van der Waals surface area contributed by atoms with Crippen LogP contribution in [-0.4, -0.2) is 21.0 Å². The zero-order valence-electron chi connectivity index (χ0n) is 9.61. The summed E-state index contributed by atoms with van der Waals surface area (Å²) in [4.78, 5) is 17.5. The fourth-order valence-electron chi connectivity index (χ4n) is 1.62. The third-order valence-corrected chi connectivity index (χ3v) is 3.33. The minimum atomic E-state index is -3.89. The average molecular weight is 289 g/mol. The van der Waals surface area contributed by atoms with Crippen LogP contribution >= 0.6 is 7.60 Å². The van der Waals surface area contributed by atoms with E-state index in [0.717, 1.165) is 10.9 Å². The second-order valence-electron chi connectivity index (χ2n) is 3.88. The van der Waals surface area contributed by atoms with Gasteiger partial charge in [0.25, 0.3) is 0 Å². The first-order chi connectivity index (χ1) is 8.04. The van der Waals surface area contributed by atoms with Gasteiger partial charge in [0.05, 0.1) is 6.16 Å². The third kappa shape index (κ3) is 4.35. The van der Waals surface area contributed by atoms with E-state index in [-0.39, 0.29) is 18.6 Å². The molecular weight excluding hydrogens is 275 g/mol. The van der Waals surface area contributed by atoms with Crippen molar-refractivity contribution in [2.24, 2.45) is 0 Å². The largest absolute Gasteiger partial charge is 1.00 e. The number of hydrogen-bond donors (Lipinski definition) is 2. The molecule has 0 aliphatic rings. The number of nitrogens with zero attached hydrogens (tertiary/aromatic N) is 2. The van der Waals surface area contributed by atoms with Crippen LogP contribution in [0, 0.1) is 0 Å². The van der Waals surface area contributed by atoms with E-state index in [2.05, 4.69) is 5.10 Å². The van der Waals surface area contributed by atoms with Crippen molar-refractivity contribution in [1.29, 1.82) is 0 Å². The number of aromatic nitrogens is 2. The Balaban J connectivity index is 0.00000162. The molecule has 0 spiro atoms. The summed E-state index contributed by atoms with van der Waals surface area (Å²) in [5.74, 6) is 0. The van der Waals surface area contributed by atoms with E-state index in [1.165, 1.54) is 0 Å². The lowest BCUT2D eigenvalue weighted by molar-refractivity contribution is -0.751. The molecule has 98 valence electrons. The molecule has 18 heavy (non-hydrogen) atoms. The third-order valence-electron chi connectivity index (χ3n) is 2.44. The molecule has 0 saturated carbocycles. The molecule has 0 bridgehead atoms. The first-order valence-electron chi connectivity index (χ1n) is 5.35. The highest BCUT2D eigenvalue weighted by Gasteiger charge is 2.14. The molecule has 0 aliphatic carbocycles. The molecule has 2 aromatic rings. The van der Waals surface area contributed by atoms with E-state index in [4.69, 9.17) is 9.79 Å². The number of halogens is 1. The smallest absolute Gasteiger partial charge is 0.325 e. The van der Waals surface area contributed by atoms with Crippen LogP contribution in [0.1, 0.15) is 6.42 Å². The van der Waals surface area contributed by atoms with Crippen molar-refractivity contribution in [3.8, 4) is 0 Å². The van der Waals surface area contributed by atoms with E-state index >= 15 is 0 Å². The van der Waals surface area contributed by atoms with E-state index in [1.807, 2.05) is 36.5 Å². The first kappa shape index (κ1) is 15.1. The number of fused-ring (bicyclic) bond motifs is 1. The molecule has 1 aromatic carbocycles. The van der Waals surface area contributed by atoms with Crippen molar-refractivity contribution in [3.63, 3.8) is 0 Å². The van der Waals surface area contributed by atoms with Crippen LogP contribution in [0.3, 0.4) is 0 Å². The van der Waals surface area contributed by atoms with Gasteiger partial charge >= 0.3 is 7.60 Å². The van der Waals surface area contributed by atoms with Crippen LogP contribution < -0.4 is 17.1 Å². The van der Waals surface area contributed by atoms with Crippen molar-refractivity contribution in [3.05, 3.63) is 36.5 Å². The molecule has 0 radical (unpaired) electrons. The molecule has 5 nitrogen and oxygen atoms in total. The number of rotatable bonds is 4. The Bertz CT molecular complexity index is 573. The van der Waals surface area contributed by atoms with Gasteiger partial charge in [-0.15, -0.1) is 0 Å². The maximum atomic E-state index is 10.7. The summed E-state index contributed by atoms with van der Waals surface area (Å²) in [7, 11) is -3.89. The van der Waals surface area contributed by atoms with E-state index in [1.54, 1.807) is 4.68 Å². The summed E-state index contributed by atoms with van der Waals surface area (Å²) < 4.78 is 12.4. The molecule has 7 heteroatoms. The number of aryl methyl sites for hydroxylation is 1. The van der Waals surface area contributed by atoms with Crippen molar-refractivity contribution >= 4 is 18.5 Å². The molecule has 2 rings (SSSR count). The molecule has 0 atom stereocenters. The van der Waals surface area contributed by atoms with Gasteiger partial charge in [-0.3, -0.25) is 4.57 Å². The Kier molecular flexibility index (Phi) is 5.23. The van der Waals surface area contributed by atoms with E-state index in [0.29, 0.717) is 13.0 Å². The van der Waals surface area contributed by atoms with Crippen LogP contribution in [0.15, 0.2) is 36.5 Å². The molecule has 2 N–H and O–H groups in total. The minimum absolute atomic E-state index is 0. The lowest BCUT2D eigenvalue weighted by Gasteiger charge is -2.00. The standard InChI is InChI=1S/C11H13N2O3P.ClH/c14-17(15,16)9-3-7-13-8-6-10-4-1-2-5-11(10)12-13;/h1-2,4-6,8H,3,7,9H2,(H-,14,15,16);1H. The molecule has 1 heterocycles. The fraction of sp³-hybridized carbons (Fsp3) is 0.273. The number of benzene rings is 1. The Morgan fingerprint density at radius 1 is 1.22 bits per heavy atom. The lowest BCUT2D eigenvalue weighted by atomic mass is 10.2. The zero-order chi connectivity index (χ0) is 12.3. The van der Waals surface area contributed by atoms with Crippen LogP contribution in [0.5, 0.6) is 0 Å². The molecular formula is C11H14ClN2O3P. The van der Waals surface area contributed by atoms with Crippen molar-refractivity contribution < 1.29 is 31.4 Å². The van der Waals surface area contributed by atoms with E-state index < -0.39 is 7.60 Å². The zero-order valence-corrected chi connectivity index (χ0v) is 11.3. The SMILES string of the molecule is O=P(O)(O)CCC[n+]1ccc2ccccc2n1.[Cl-]. The average Bonchev–Trinajstić information content (AvgIpc) is 2.27. The van der Waals surface area contributed by atoms with Crippen molar-refractivity contribution in [2.75, 3.05) is 6.16 Å². The van der Waals surface area contributed by atoms with Gasteiger partial charge in [0.2, 0.25) is 0 Å². The van der Waals surface area contributed by atoms with Gasteiger partial charge in [-0.25, -0.2) is 0 Å². The molecule has 1 aromatic heterocycles. The molecule has 0 amide bonds. The predicted molar refractivity (Wildman–Crippen MR) is 63.5 cm³/mol. The highest BCUT2D eigenvalue weighted by molar-refractivity contribution is 7.51. The van der Waals surface area contributed by atoms with Gasteiger partial charge in [0.1, 0.15) is 5.52 Å². The van der Waals surface area contributed by atoms with Gasteiger partial charge in [-0.05, 0) is 6.07 Å². The summed E-state index contributed by atoms with van der Waals surface area (Å²) in [6, 6.07) is 9.69. The van der Waals surface area contributed by atoms with Crippen LogP contribution in [0.2, 0.25) is 0 Å². The molecule has 0 aliphatic heterocycles. The monoisotopic (exact) mass is 288 g/mol. The number of hydrogen-bond acceptors (Lipinski definition) is 2. The summed E-state index contributed by atoms with van der Waals surface area (Å²) in [5, 5.41) is 5.41. The second kappa shape index (κ2) is 6.25. The van der Waals surface area contributed by atoms with Crippen LogP contribution in [0.25, 0.3) is 10.9 Å². The molecule has 0 saturated heterocycles. The summed E-state index contributed by atoms with van der Waals surface area (Å²) in [6.07, 6.45) is 2.14. The molecule has 0 fully saturated rings. The summed E-state index contributed by atoms with van der Waals surface area (Å²) >= 11 is 0. The van der Waals surface area contributed by atoms with Crippen molar-refractivity contribution in [2.45, 2.75) is 13.0 Å². The maximum absolute atomic E-state index is 10.7. The van der Waals surface area contributed by atoms with Gasteiger partial charge in [0.15, 0.2) is 12.7 Å². The summed E-state index contributed by atoms with van der Waals surface area (Å²) in [6.45, 7) is 0.510. The Hall–Kier alpha value is -1.00. The second-order valence-corrected chi connectivity index (χ2v) is 5.66. The highest BCUT2D eigenvalue weighted by Crippen LogP contribution is 2.34. The Morgan fingerprint density at radius 3 is 2.67 bits per heavy atom. The quantitative estimate of drug-likeness (QED) is 0.509. The van der Waals surface area contributed by atoms with E-state index in [9.17, 15) is 4.57 Å². The normalized spacial score (nSPS) is 11.2. The Morgan fingerprint density at radius 2 is 1.94 bits per heavy atom. The predicted octanol–water partition coefficient (Wildman–Crippen LogP) is -1.91. The lowest BCUT2D eigenvalue weighted by Crippen LogP contribution is -3.00. The summed E-state index contributed by atoms with van der Waals surface area (Å²) in [5.41, 5.74) is 0.881. The minimum Gasteiger partial charge on any atom is -1.00 e. The Labute approximate surface area is 111 Å². The first-order valence-corrected chi connectivity index (χ1v) is 7.14. The van der Waals surface area contributed by atoms with Gasteiger partial charge in [-0.2, -0.15) is 0 Å². The van der Waals surface area contributed by atoms with Crippen molar-refractivity contribution in [1.82, 2.24) is 5.10 Å². The van der Waals surface area contributed by atoms with Gasteiger partial charge in [-0.1, -0.05) is 22.9 Å². The van der Waals surface area contributed by atoms with Gasteiger partial charge in [0, 0.05) is 23.0 Å². The van der Waals surface area contributed by atoms with Crippen LogP contribution in [-0.2, 0) is 11.1 Å². The topological polar surface area (TPSA) is 74.3 Å². The highest BCUT2D eigenvalue weighted by atomic mass is 35.5. The molecule has 0 unspecified atom stereocenters. The fourth-order valence-corrected chi connectivity index (χ4v) is 2.17. The van der Waals surface area contributed by atoms with Gasteiger partial charge < -0.3 is 22.2 Å². The maximum Gasteiger partial charge on any atom is 0.325 e.